The fraction of sp³-hybridized carbons (Fsp3) is 0.400. The zero-order valence-electron chi connectivity index (χ0n) is 14.0. The number of hydrogen-bond acceptors (Lipinski definition) is 0. The highest BCUT2D eigenvalue weighted by molar-refractivity contribution is 5.33. The van der Waals surface area contributed by atoms with Crippen LogP contribution in [0.1, 0.15) is 51.3 Å². The SMILES string of the molecule is CC(C)(C)c1cc(F)cc(CC(C)(C)c2ccc(F)cc2)c1. The fourth-order valence-electron chi connectivity index (χ4n) is 2.70. The van der Waals surface area contributed by atoms with Crippen molar-refractivity contribution in [2.75, 3.05) is 0 Å². The average molecular weight is 302 g/mol. The minimum Gasteiger partial charge on any atom is -0.207 e. The van der Waals surface area contributed by atoms with Crippen LogP contribution in [0.2, 0.25) is 0 Å². The Morgan fingerprint density at radius 2 is 1.32 bits per heavy atom. The monoisotopic (exact) mass is 302 g/mol. The van der Waals surface area contributed by atoms with Gasteiger partial charge < -0.3 is 0 Å². The molecule has 2 heteroatoms. The highest BCUT2D eigenvalue weighted by Gasteiger charge is 2.23. The minimum absolute atomic E-state index is 0.0864. The van der Waals surface area contributed by atoms with E-state index in [9.17, 15) is 8.78 Å². The van der Waals surface area contributed by atoms with E-state index in [1.807, 2.05) is 0 Å². The molecule has 2 aromatic rings. The van der Waals surface area contributed by atoms with E-state index in [0.717, 1.165) is 16.7 Å². The quantitative estimate of drug-likeness (QED) is 0.674. The van der Waals surface area contributed by atoms with Gasteiger partial charge in [0.25, 0.3) is 0 Å². The van der Waals surface area contributed by atoms with Crippen molar-refractivity contribution in [1.29, 1.82) is 0 Å². The van der Waals surface area contributed by atoms with Gasteiger partial charge in [-0.2, -0.15) is 0 Å². The lowest BCUT2D eigenvalue weighted by molar-refractivity contribution is 0.513. The lowest BCUT2D eigenvalue weighted by Gasteiger charge is -2.27. The first-order valence-corrected chi connectivity index (χ1v) is 7.64. The fourth-order valence-corrected chi connectivity index (χ4v) is 2.70. The molecule has 0 atom stereocenters. The zero-order chi connectivity index (χ0) is 16.5. The van der Waals surface area contributed by atoms with Gasteiger partial charge in [0.15, 0.2) is 0 Å². The van der Waals surface area contributed by atoms with Crippen LogP contribution in [-0.2, 0) is 17.3 Å². The summed E-state index contributed by atoms with van der Waals surface area (Å²) in [6.07, 6.45) is 0.708. The molecule has 22 heavy (non-hydrogen) atoms. The molecule has 0 saturated heterocycles. The molecule has 0 aromatic heterocycles. The molecular formula is C20H24F2. The molecule has 0 bridgehead atoms. The van der Waals surface area contributed by atoms with Crippen LogP contribution in [0.25, 0.3) is 0 Å². The lowest BCUT2D eigenvalue weighted by atomic mass is 9.78. The average Bonchev–Trinajstić information content (AvgIpc) is 2.36. The van der Waals surface area contributed by atoms with E-state index >= 15 is 0 Å². The predicted molar refractivity (Wildman–Crippen MR) is 88.2 cm³/mol. The first-order chi connectivity index (χ1) is 10.1. The Bertz CT molecular complexity index is 646. The van der Waals surface area contributed by atoms with E-state index in [2.05, 4.69) is 40.7 Å². The van der Waals surface area contributed by atoms with Crippen LogP contribution in [0.4, 0.5) is 8.78 Å². The summed E-state index contributed by atoms with van der Waals surface area (Å²) in [7, 11) is 0. The van der Waals surface area contributed by atoms with Crippen molar-refractivity contribution in [2.45, 2.75) is 51.9 Å². The van der Waals surface area contributed by atoms with Crippen molar-refractivity contribution in [3.8, 4) is 0 Å². The number of halogens is 2. The summed E-state index contributed by atoms with van der Waals surface area (Å²) in [5.74, 6) is -0.433. The molecule has 0 N–H and O–H groups in total. The topological polar surface area (TPSA) is 0 Å². The second-order valence-corrected chi connectivity index (χ2v) is 7.67. The second-order valence-electron chi connectivity index (χ2n) is 7.67. The van der Waals surface area contributed by atoms with Crippen LogP contribution < -0.4 is 0 Å². The van der Waals surface area contributed by atoms with Gasteiger partial charge in [0, 0.05) is 0 Å². The molecule has 0 aliphatic rings. The molecule has 0 saturated carbocycles. The van der Waals surface area contributed by atoms with Gasteiger partial charge >= 0.3 is 0 Å². The molecule has 0 amide bonds. The normalized spacial score (nSPS) is 12.5. The third kappa shape index (κ3) is 3.94. The van der Waals surface area contributed by atoms with Gasteiger partial charge in [-0.15, -0.1) is 0 Å². The maximum absolute atomic E-state index is 13.9. The van der Waals surface area contributed by atoms with Crippen LogP contribution in [0.15, 0.2) is 42.5 Å². The first kappa shape index (κ1) is 16.7. The molecule has 0 fully saturated rings. The zero-order valence-corrected chi connectivity index (χ0v) is 14.0. The first-order valence-electron chi connectivity index (χ1n) is 7.64. The highest BCUT2D eigenvalue weighted by atomic mass is 19.1. The van der Waals surface area contributed by atoms with Crippen molar-refractivity contribution < 1.29 is 8.78 Å². The summed E-state index contributed by atoms with van der Waals surface area (Å²) >= 11 is 0. The Kier molecular flexibility index (Phi) is 4.42. The molecule has 0 aliphatic heterocycles. The molecule has 118 valence electrons. The summed E-state index contributed by atoms with van der Waals surface area (Å²) in [6, 6.07) is 11.8. The van der Waals surface area contributed by atoms with E-state index < -0.39 is 0 Å². The van der Waals surface area contributed by atoms with E-state index in [0.29, 0.717) is 6.42 Å². The number of rotatable bonds is 3. The van der Waals surface area contributed by atoms with Crippen molar-refractivity contribution in [3.63, 3.8) is 0 Å². The molecule has 2 aromatic carbocycles. The van der Waals surface area contributed by atoms with Crippen LogP contribution >= 0.6 is 0 Å². The summed E-state index contributed by atoms with van der Waals surface area (Å²) in [4.78, 5) is 0. The predicted octanol–water partition coefficient (Wildman–Crippen LogP) is 5.78. The molecule has 0 spiro atoms. The summed E-state index contributed by atoms with van der Waals surface area (Å²) in [6.45, 7) is 10.4. The Morgan fingerprint density at radius 3 is 1.86 bits per heavy atom. The highest BCUT2D eigenvalue weighted by Crippen LogP contribution is 2.30. The molecule has 0 nitrogen and oxygen atoms in total. The van der Waals surface area contributed by atoms with E-state index in [-0.39, 0.29) is 22.5 Å². The van der Waals surface area contributed by atoms with Crippen LogP contribution in [0, 0.1) is 11.6 Å². The number of benzene rings is 2. The molecule has 0 unspecified atom stereocenters. The van der Waals surface area contributed by atoms with Gasteiger partial charge in [0.05, 0.1) is 0 Å². The molecular weight excluding hydrogens is 278 g/mol. The van der Waals surface area contributed by atoms with Gasteiger partial charge in [-0.3, -0.25) is 0 Å². The molecule has 0 aliphatic carbocycles. The maximum atomic E-state index is 13.9. The summed E-state index contributed by atoms with van der Waals surface area (Å²) in [5, 5.41) is 0. The Balaban J connectivity index is 2.33. The Labute approximate surface area is 132 Å². The lowest BCUT2D eigenvalue weighted by Crippen LogP contribution is -2.21. The number of hydrogen-bond donors (Lipinski definition) is 0. The third-order valence-electron chi connectivity index (χ3n) is 4.10. The van der Waals surface area contributed by atoms with E-state index in [1.54, 1.807) is 24.3 Å². The molecule has 2 rings (SSSR count). The Morgan fingerprint density at radius 1 is 0.727 bits per heavy atom. The second kappa shape index (κ2) is 5.83. The van der Waals surface area contributed by atoms with Crippen molar-refractivity contribution >= 4 is 0 Å². The van der Waals surface area contributed by atoms with Crippen LogP contribution in [-0.4, -0.2) is 0 Å². The maximum Gasteiger partial charge on any atom is 0.123 e. The van der Waals surface area contributed by atoms with E-state index in [1.165, 1.54) is 12.1 Å². The minimum atomic E-state index is -0.236. The molecule has 0 heterocycles. The van der Waals surface area contributed by atoms with Crippen LogP contribution in [0.5, 0.6) is 0 Å². The molecule has 0 radical (unpaired) electrons. The summed E-state index contributed by atoms with van der Waals surface area (Å²) in [5.41, 5.74) is 2.75. The van der Waals surface area contributed by atoms with Gasteiger partial charge in [-0.05, 0) is 58.2 Å². The van der Waals surface area contributed by atoms with Gasteiger partial charge in [0.1, 0.15) is 11.6 Å². The summed E-state index contributed by atoms with van der Waals surface area (Å²) < 4.78 is 27.0. The smallest absolute Gasteiger partial charge is 0.123 e. The van der Waals surface area contributed by atoms with Gasteiger partial charge in [-0.25, -0.2) is 8.78 Å². The van der Waals surface area contributed by atoms with Gasteiger partial charge in [0.2, 0.25) is 0 Å². The standard InChI is InChI=1S/C20H24F2/c1-19(2,3)16-10-14(11-18(22)12-16)13-20(4,5)15-6-8-17(21)9-7-15/h6-12H,13H2,1-5H3. The van der Waals surface area contributed by atoms with Crippen molar-refractivity contribution in [2.24, 2.45) is 0 Å². The van der Waals surface area contributed by atoms with Crippen molar-refractivity contribution in [3.05, 3.63) is 70.8 Å². The third-order valence-corrected chi connectivity index (χ3v) is 4.10. The van der Waals surface area contributed by atoms with Crippen LogP contribution in [0.3, 0.4) is 0 Å². The van der Waals surface area contributed by atoms with Gasteiger partial charge in [-0.1, -0.05) is 52.8 Å². The van der Waals surface area contributed by atoms with E-state index in [4.69, 9.17) is 0 Å². The van der Waals surface area contributed by atoms with Crippen molar-refractivity contribution in [1.82, 2.24) is 0 Å². The largest absolute Gasteiger partial charge is 0.207 e. The Hall–Kier alpha value is -1.70.